The third kappa shape index (κ3) is 7.42. The fraction of sp³-hybridized carbons (Fsp3) is 0.636. The van der Waals surface area contributed by atoms with Crippen molar-refractivity contribution in [2.24, 2.45) is 5.92 Å². The number of phenolic OH excluding ortho intramolecular Hbond substituents is 1. The van der Waals surface area contributed by atoms with Gasteiger partial charge < -0.3 is 9.84 Å². The van der Waals surface area contributed by atoms with Crippen LogP contribution < -0.4 is 4.74 Å². The summed E-state index contributed by atoms with van der Waals surface area (Å²) >= 11 is 0. The van der Waals surface area contributed by atoms with E-state index in [1.54, 1.807) is 0 Å². The lowest BCUT2D eigenvalue weighted by Crippen LogP contribution is -2.05. The zero-order valence-corrected chi connectivity index (χ0v) is 16.3. The van der Waals surface area contributed by atoms with Crippen LogP contribution in [0.15, 0.2) is 23.8 Å². The monoisotopic (exact) mass is 332 g/mol. The highest BCUT2D eigenvalue weighted by Crippen LogP contribution is 2.30. The molecule has 1 aromatic rings. The summed E-state index contributed by atoms with van der Waals surface area (Å²) in [6.07, 6.45) is 9.62. The molecule has 0 fully saturated rings. The summed E-state index contributed by atoms with van der Waals surface area (Å²) in [6, 6.07) is 4.04. The first kappa shape index (κ1) is 20.6. The first-order valence-corrected chi connectivity index (χ1v) is 9.58. The van der Waals surface area contributed by atoms with Crippen LogP contribution in [0, 0.1) is 5.92 Å². The largest absolute Gasteiger partial charge is 0.507 e. The fourth-order valence-electron chi connectivity index (χ4n) is 2.91. The van der Waals surface area contributed by atoms with Crippen LogP contribution in [0.1, 0.15) is 77.8 Å². The molecule has 1 aromatic carbocycles. The van der Waals surface area contributed by atoms with Crippen LogP contribution in [0.4, 0.5) is 0 Å². The van der Waals surface area contributed by atoms with Crippen molar-refractivity contribution in [3.05, 3.63) is 34.9 Å². The molecule has 0 spiro atoms. The summed E-state index contributed by atoms with van der Waals surface area (Å²) < 4.78 is 6.01. The number of aryl methyl sites for hydroxylation is 2. The Morgan fingerprint density at radius 3 is 2.17 bits per heavy atom. The molecular formula is C22H36O2. The van der Waals surface area contributed by atoms with Gasteiger partial charge in [0.25, 0.3) is 0 Å². The number of allylic oxidation sites excluding steroid dienone is 2. The van der Waals surface area contributed by atoms with Crippen molar-refractivity contribution in [2.75, 3.05) is 6.61 Å². The summed E-state index contributed by atoms with van der Waals surface area (Å²) in [5.74, 6) is 2.06. The summed E-state index contributed by atoms with van der Waals surface area (Å²) in [4.78, 5) is 0. The summed E-state index contributed by atoms with van der Waals surface area (Å²) in [7, 11) is 0. The predicted octanol–water partition coefficient (Wildman–Crippen LogP) is 6.45. The highest BCUT2D eigenvalue weighted by Gasteiger charge is 2.10. The first-order chi connectivity index (χ1) is 11.5. The maximum Gasteiger partial charge on any atom is 0.122 e. The Kier molecular flexibility index (Phi) is 9.59. The topological polar surface area (TPSA) is 29.5 Å². The van der Waals surface area contributed by atoms with Crippen LogP contribution >= 0.6 is 0 Å². The van der Waals surface area contributed by atoms with Crippen LogP contribution in [0.3, 0.4) is 0 Å². The maximum absolute atomic E-state index is 10.4. The number of phenols is 1. The van der Waals surface area contributed by atoms with Crippen LogP contribution in [0.2, 0.25) is 0 Å². The number of benzene rings is 1. The van der Waals surface area contributed by atoms with Gasteiger partial charge in [-0.25, -0.2) is 0 Å². The van der Waals surface area contributed by atoms with Crippen molar-refractivity contribution in [3.8, 4) is 11.5 Å². The van der Waals surface area contributed by atoms with Crippen LogP contribution in [0.25, 0.3) is 0 Å². The molecule has 136 valence electrons. The number of hydrogen-bond donors (Lipinski definition) is 1. The lowest BCUT2D eigenvalue weighted by molar-refractivity contribution is 0.278. The van der Waals surface area contributed by atoms with E-state index in [-0.39, 0.29) is 0 Å². The smallest absolute Gasteiger partial charge is 0.122 e. The third-order valence-electron chi connectivity index (χ3n) is 4.37. The molecule has 0 heterocycles. The van der Waals surface area contributed by atoms with E-state index in [1.807, 2.05) is 12.1 Å². The Labute approximate surface area is 148 Å². The second kappa shape index (κ2) is 11.2. The summed E-state index contributed by atoms with van der Waals surface area (Å²) in [6.45, 7) is 11.6. The highest BCUT2D eigenvalue weighted by atomic mass is 16.5. The highest BCUT2D eigenvalue weighted by molar-refractivity contribution is 5.46. The molecule has 0 aliphatic heterocycles. The van der Waals surface area contributed by atoms with Gasteiger partial charge in [-0.05, 0) is 75.1 Å². The first-order valence-electron chi connectivity index (χ1n) is 9.58. The Bertz CT molecular complexity index is 486. The van der Waals surface area contributed by atoms with Gasteiger partial charge in [0.15, 0.2) is 0 Å². The molecule has 1 rings (SSSR count). The zero-order chi connectivity index (χ0) is 17.9. The molecule has 0 saturated heterocycles. The van der Waals surface area contributed by atoms with Gasteiger partial charge in [0.05, 0.1) is 6.61 Å². The minimum atomic E-state index is 0.473. The lowest BCUT2D eigenvalue weighted by Gasteiger charge is -2.15. The van der Waals surface area contributed by atoms with E-state index < -0.39 is 0 Å². The van der Waals surface area contributed by atoms with Gasteiger partial charge in [0.2, 0.25) is 0 Å². The molecule has 0 aromatic heterocycles. The molecule has 0 aliphatic rings. The van der Waals surface area contributed by atoms with E-state index in [0.717, 1.165) is 62.0 Å². The van der Waals surface area contributed by atoms with Crippen molar-refractivity contribution in [1.82, 2.24) is 0 Å². The summed E-state index contributed by atoms with van der Waals surface area (Å²) in [5.41, 5.74) is 3.44. The van der Waals surface area contributed by atoms with Gasteiger partial charge >= 0.3 is 0 Å². The van der Waals surface area contributed by atoms with Crippen molar-refractivity contribution in [1.29, 1.82) is 0 Å². The molecule has 0 amide bonds. The van der Waals surface area contributed by atoms with E-state index in [2.05, 4.69) is 40.7 Å². The van der Waals surface area contributed by atoms with Crippen molar-refractivity contribution in [3.63, 3.8) is 0 Å². The van der Waals surface area contributed by atoms with Crippen molar-refractivity contribution < 1.29 is 9.84 Å². The molecule has 1 atom stereocenters. The van der Waals surface area contributed by atoms with Crippen LogP contribution in [0.5, 0.6) is 11.5 Å². The van der Waals surface area contributed by atoms with Gasteiger partial charge in [-0.1, -0.05) is 45.3 Å². The fourth-order valence-corrected chi connectivity index (χ4v) is 2.91. The van der Waals surface area contributed by atoms with E-state index in [9.17, 15) is 5.11 Å². The number of hydrogen-bond acceptors (Lipinski definition) is 2. The molecule has 2 heteroatoms. The molecule has 0 radical (unpaired) electrons. The molecule has 0 aliphatic carbocycles. The Morgan fingerprint density at radius 1 is 1.08 bits per heavy atom. The van der Waals surface area contributed by atoms with Gasteiger partial charge in [-0.3, -0.25) is 0 Å². The second-order valence-electron chi connectivity index (χ2n) is 7.19. The molecule has 24 heavy (non-hydrogen) atoms. The van der Waals surface area contributed by atoms with Gasteiger partial charge in [0.1, 0.15) is 11.5 Å². The molecule has 0 bridgehead atoms. The van der Waals surface area contributed by atoms with E-state index in [0.29, 0.717) is 11.7 Å². The molecule has 1 N–H and O–H groups in total. The number of rotatable bonds is 11. The van der Waals surface area contributed by atoms with Gasteiger partial charge in [-0.2, -0.15) is 0 Å². The average Bonchev–Trinajstić information content (AvgIpc) is 2.51. The molecular weight excluding hydrogens is 296 g/mol. The van der Waals surface area contributed by atoms with Gasteiger partial charge in [0, 0.05) is 0 Å². The normalized spacial score (nSPS) is 12.0. The standard InChI is InChI=1S/C22H36O2/c1-6-9-19-15-21(16-20(10-7-2)22(19)23)24-14-13-18(5)12-8-11-17(3)4/h11,15-16,18,23H,6-10,12-14H2,1-5H3. The van der Waals surface area contributed by atoms with Crippen LogP contribution in [-0.2, 0) is 12.8 Å². The Hall–Kier alpha value is -1.44. The lowest BCUT2D eigenvalue weighted by atomic mass is 10.0. The minimum Gasteiger partial charge on any atom is -0.507 e. The quantitative estimate of drug-likeness (QED) is 0.472. The van der Waals surface area contributed by atoms with E-state index in [1.165, 1.54) is 12.0 Å². The van der Waals surface area contributed by atoms with Gasteiger partial charge in [-0.15, -0.1) is 0 Å². The molecule has 2 nitrogen and oxygen atoms in total. The Morgan fingerprint density at radius 2 is 1.67 bits per heavy atom. The molecule has 0 saturated carbocycles. The maximum atomic E-state index is 10.4. The zero-order valence-electron chi connectivity index (χ0n) is 16.3. The minimum absolute atomic E-state index is 0.473. The second-order valence-corrected chi connectivity index (χ2v) is 7.19. The predicted molar refractivity (Wildman–Crippen MR) is 104 cm³/mol. The third-order valence-corrected chi connectivity index (χ3v) is 4.37. The van der Waals surface area contributed by atoms with Crippen molar-refractivity contribution >= 4 is 0 Å². The Balaban J connectivity index is 2.58. The molecule has 1 unspecified atom stereocenters. The SMILES string of the molecule is CCCc1cc(OCCC(C)CCC=C(C)C)cc(CCC)c1O. The average molecular weight is 333 g/mol. The van der Waals surface area contributed by atoms with E-state index in [4.69, 9.17) is 4.74 Å². The van der Waals surface area contributed by atoms with Crippen LogP contribution in [-0.4, -0.2) is 11.7 Å². The number of aromatic hydroxyl groups is 1. The summed E-state index contributed by atoms with van der Waals surface area (Å²) in [5, 5.41) is 10.4. The van der Waals surface area contributed by atoms with E-state index >= 15 is 0 Å². The van der Waals surface area contributed by atoms with Crippen molar-refractivity contribution in [2.45, 2.75) is 79.6 Å². The number of ether oxygens (including phenoxy) is 1.